The van der Waals surface area contributed by atoms with E-state index in [1.807, 2.05) is 19.1 Å². The van der Waals surface area contributed by atoms with Crippen molar-refractivity contribution in [1.29, 1.82) is 0 Å². The van der Waals surface area contributed by atoms with E-state index in [0.717, 1.165) is 15.8 Å². The molecule has 0 atom stereocenters. The average Bonchev–Trinajstić information content (AvgIpc) is 3.05. The number of amides is 1. The number of nitrogens with one attached hydrogen (secondary N) is 2. The molecule has 5 rings (SSSR count). The predicted molar refractivity (Wildman–Crippen MR) is 118 cm³/mol. The summed E-state index contributed by atoms with van der Waals surface area (Å²) in [6.07, 6.45) is 3.10. The molecule has 0 aliphatic carbocycles. The Hall–Kier alpha value is -3.08. The molecule has 0 saturated carbocycles. The molecule has 9 nitrogen and oxygen atoms in total. The fraction of sp³-hybridized carbons (Fsp3) is 0.250. The lowest BCUT2D eigenvalue weighted by molar-refractivity contribution is 0.0962. The highest BCUT2D eigenvalue weighted by Gasteiger charge is 2.23. The molecule has 1 aliphatic rings. The van der Waals surface area contributed by atoms with Crippen LogP contribution in [0.25, 0.3) is 21.1 Å². The van der Waals surface area contributed by atoms with E-state index in [1.54, 1.807) is 6.20 Å². The fourth-order valence-electron chi connectivity index (χ4n) is 3.34. The van der Waals surface area contributed by atoms with E-state index in [1.165, 1.54) is 17.5 Å². The number of hydrogen-bond acceptors (Lipinski definition) is 9. The van der Waals surface area contributed by atoms with Gasteiger partial charge in [0.25, 0.3) is 5.91 Å². The van der Waals surface area contributed by atoms with Crippen molar-refractivity contribution < 1.29 is 14.3 Å². The van der Waals surface area contributed by atoms with Gasteiger partial charge >= 0.3 is 0 Å². The van der Waals surface area contributed by atoms with Crippen LogP contribution >= 0.6 is 22.9 Å². The van der Waals surface area contributed by atoms with E-state index < -0.39 is 0 Å². The van der Waals surface area contributed by atoms with Crippen LogP contribution in [0.1, 0.15) is 22.2 Å². The van der Waals surface area contributed by atoms with Crippen LogP contribution in [0.15, 0.2) is 24.5 Å². The summed E-state index contributed by atoms with van der Waals surface area (Å²) in [6.45, 7) is 3.95. The summed E-state index contributed by atoms with van der Waals surface area (Å²) >= 11 is 7.37. The van der Waals surface area contributed by atoms with Crippen LogP contribution in [0.3, 0.4) is 0 Å². The number of aromatic nitrogens is 4. The SMILES string of the molecule is CCOCc1cnc(Cl)nc1Oc1cnc2c(ccc3sc4c(c32)NCCNC4=O)n1. The van der Waals surface area contributed by atoms with Crippen molar-refractivity contribution in [3.8, 4) is 11.8 Å². The Morgan fingerprint density at radius 3 is 2.90 bits per heavy atom. The number of thiophene rings is 1. The Kier molecular flexibility index (Phi) is 5.26. The number of anilines is 1. The molecule has 3 aromatic heterocycles. The first-order valence-electron chi connectivity index (χ1n) is 9.65. The van der Waals surface area contributed by atoms with Gasteiger partial charge in [-0.25, -0.2) is 15.0 Å². The third-order valence-corrected chi connectivity index (χ3v) is 6.05. The Morgan fingerprint density at radius 1 is 1.16 bits per heavy atom. The lowest BCUT2D eigenvalue weighted by Crippen LogP contribution is -2.24. The molecule has 4 aromatic rings. The molecule has 1 aliphatic heterocycles. The summed E-state index contributed by atoms with van der Waals surface area (Å²) in [5, 5.41) is 7.18. The zero-order valence-electron chi connectivity index (χ0n) is 16.4. The van der Waals surface area contributed by atoms with Gasteiger partial charge in [-0.15, -0.1) is 11.3 Å². The van der Waals surface area contributed by atoms with E-state index in [0.29, 0.717) is 47.8 Å². The van der Waals surface area contributed by atoms with E-state index >= 15 is 0 Å². The van der Waals surface area contributed by atoms with Crippen molar-refractivity contribution in [2.24, 2.45) is 0 Å². The molecule has 158 valence electrons. The number of nitrogens with zero attached hydrogens (tertiary/aromatic N) is 4. The maximum Gasteiger partial charge on any atom is 0.263 e. The largest absolute Gasteiger partial charge is 0.418 e. The third-order valence-electron chi connectivity index (χ3n) is 4.72. The van der Waals surface area contributed by atoms with Crippen LogP contribution in [0.2, 0.25) is 5.28 Å². The van der Waals surface area contributed by atoms with Crippen molar-refractivity contribution in [2.75, 3.05) is 25.0 Å². The number of ether oxygens (including phenoxy) is 2. The van der Waals surface area contributed by atoms with E-state index in [2.05, 4.69) is 30.6 Å². The van der Waals surface area contributed by atoms with Crippen LogP contribution in [0, 0.1) is 0 Å². The van der Waals surface area contributed by atoms with Gasteiger partial charge in [0.2, 0.25) is 17.0 Å². The summed E-state index contributed by atoms with van der Waals surface area (Å²) in [4.78, 5) is 30.3. The molecule has 0 saturated heterocycles. The molecular formula is C20H17ClN6O3S. The minimum atomic E-state index is -0.0790. The first kappa shape index (κ1) is 19.9. The van der Waals surface area contributed by atoms with Crippen molar-refractivity contribution in [2.45, 2.75) is 13.5 Å². The number of hydrogen-bond donors (Lipinski definition) is 2. The Labute approximate surface area is 185 Å². The van der Waals surface area contributed by atoms with Crippen LogP contribution in [0.5, 0.6) is 11.8 Å². The summed E-state index contributed by atoms with van der Waals surface area (Å²) < 4.78 is 12.3. The lowest BCUT2D eigenvalue weighted by atomic mass is 10.1. The minimum absolute atomic E-state index is 0.0658. The second-order valence-electron chi connectivity index (χ2n) is 6.71. The summed E-state index contributed by atoms with van der Waals surface area (Å²) in [5.74, 6) is 0.460. The van der Waals surface area contributed by atoms with Crippen molar-refractivity contribution in [3.63, 3.8) is 0 Å². The summed E-state index contributed by atoms with van der Waals surface area (Å²) in [5.41, 5.74) is 2.79. The molecule has 1 aromatic carbocycles. The molecule has 0 bridgehead atoms. The van der Waals surface area contributed by atoms with Gasteiger partial charge in [0.1, 0.15) is 4.88 Å². The molecule has 11 heteroatoms. The summed E-state index contributed by atoms with van der Waals surface area (Å²) in [7, 11) is 0. The molecule has 0 radical (unpaired) electrons. The van der Waals surface area contributed by atoms with Crippen LogP contribution in [-0.2, 0) is 11.3 Å². The number of benzene rings is 1. The topological polar surface area (TPSA) is 111 Å². The maximum absolute atomic E-state index is 12.4. The third kappa shape index (κ3) is 3.73. The van der Waals surface area contributed by atoms with Gasteiger partial charge in [-0.3, -0.25) is 4.79 Å². The standard InChI is InChI=1S/C20H17ClN6O3S/c1-2-29-9-10-7-25-20(21)27-19(10)30-13-8-24-15-11(26-13)3-4-12-14(15)16-17(31-12)18(28)23-6-5-22-16/h3-4,7-8,22H,2,5-6,9H2,1H3,(H,23,28). The zero-order chi connectivity index (χ0) is 21.4. The van der Waals surface area contributed by atoms with Gasteiger partial charge in [0.05, 0.1) is 35.1 Å². The van der Waals surface area contributed by atoms with Crippen LogP contribution < -0.4 is 15.4 Å². The van der Waals surface area contributed by atoms with Gasteiger partial charge in [-0.1, -0.05) is 0 Å². The first-order chi connectivity index (χ1) is 15.1. The van der Waals surface area contributed by atoms with E-state index in [4.69, 9.17) is 21.1 Å². The first-order valence-corrected chi connectivity index (χ1v) is 10.8. The van der Waals surface area contributed by atoms with Crippen LogP contribution in [-0.4, -0.2) is 45.5 Å². The number of halogens is 1. The summed E-state index contributed by atoms with van der Waals surface area (Å²) in [6, 6.07) is 3.80. The Bertz CT molecular complexity index is 1310. The van der Waals surface area contributed by atoms with E-state index in [9.17, 15) is 4.79 Å². The molecule has 0 spiro atoms. The number of carbonyl (C=O) groups excluding carboxylic acids is 1. The smallest absolute Gasteiger partial charge is 0.263 e. The zero-order valence-corrected chi connectivity index (χ0v) is 18.0. The van der Waals surface area contributed by atoms with Gasteiger partial charge < -0.3 is 20.1 Å². The molecular weight excluding hydrogens is 440 g/mol. The second-order valence-corrected chi connectivity index (χ2v) is 8.10. The highest BCUT2D eigenvalue weighted by molar-refractivity contribution is 7.21. The quantitative estimate of drug-likeness (QED) is 0.436. The molecule has 31 heavy (non-hydrogen) atoms. The fourth-order valence-corrected chi connectivity index (χ4v) is 4.57. The highest BCUT2D eigenvalue weighted by atomic mass is 35.5. The van der Waals surface area contributed by atoms with Gasteiger partial charge in [-0.2, -0.15) is 4.98 Å². The monoisotopic (exact) mass is 456 g/mol. The Morgan fingerprint density at radius 2 is 2.03 bits per heavy atom. The number of fused-ring (bicyclic) bond motifs is 5. The average molecular weight is 457 g/mol. The molecule has 4 heterocycles. The van der Waals surface area contributed by atoms with E-state index in [-0.39, 0.29) is 23.0 Å². The number of carbonyl (C=O) groups is 1. The van der Waals surface area contributed by atoms with Crippen molar-refractivity contribution in [1.82, 2.24) is 25.3 Å². The number of rotatable bonds is 5. The highest BCUT2D eigenvalue weighted by Crippen LogP contribution is 2.40. The predicted octanol–water partition coefficient (Wildman–Crippen LogP) is 3.77. The maximum atomic E-state index is 12.4. The van der Waals surface area contributed by atoms with Crippen molar-refractivity contribution in [3.05, 3.63) is 40.3 Å². The lowest BCUT2D eigenvalue weighted by Gasteiger charge is -2.10. The van der Waals surface area contributed by atoms with Crippen molar-refractivity contribution >= 4 is 55.7 Å². The van der Waals surface area contributed by atoms with Gasteiger partial charge in [-0.05, 0) is 30.7 Å². The molecule has 1 amide bonds. The van der Waals surface area contributed by atoms with Crippen LogP contribution in [0.4, 0.5) is 5.69 Å². The normalized spacial score (nSPS) is 13.5. The van der Waals surface area contributed by atoms with Gasteiger partial charge in [0.15, 0.2) is 0 Å². The molecule has 2 N–H and O–H groups in total. The molecule has 0 fully saturated rings. The van der Waals surface area contributed by atoms with Gasteiger partial charge in [0, 0.05) is 36.0 Å². The molecule has 0 unspecified atom stereocenters. The Balaban J connectivity index is 1.56. The second kappa shape index (κ2) is 8.22. The minimum Gasteiger partial charge on any atom is -0.418 e.